The van der Waals surface area contributed by atoms with Crippen molar-refractivity contribution in [1.29, 1.82) is 0 Å². The summed E-state index contributed by atoms with van der Waals surface area (Å²) >= 11 is 3.42. The lowest BCUT2D eigenvalue weighted by Gasteiger charge is -2.31. The van der Waals surface area contributed by atoms with E-state index in [-0.39, 0.29) is 36.2 Å². The number of nitrogens with zero attached hydrogens (tertiary/aromatic N) is 2. The number of ether oxygens (including phenoxy) is 2. The third kappa shape index (κ3) is 7.78. The first-order chi connectivity index (χ1) is 17.8. The number of nitro groups is 1. The maximum absolute atomic E-state index is 13.5. The summed E-state index contributed by atoms with van der Waals surface area (Å²) in [6.07, 6.45) is 0.320. The molecule has 3 aromatic carbocycles. The summed E-state index contributed by atoms with van der Waals surface area (Å²) in [5.74, 6) is -0.427. The molecular formula is C27H28BrN3O6. The molecule has 0 saturated heterocycles. The molecule has 10 heteroatoms. The van der Waals surface area contributed by atoms with Gasteiger partial charge in [-0.1, -0.05) is 58.4 Å². The number of amides is 2. The van der Waals surface area contributed by atoms with E-state index < -0.39 is 16.9 Å². The van der Waals surface area contributed by atoms with Gasteiger partial charge in [-0.3, -0.25) is 19.7 Å². The van der Waals surface area contributed by atoms with Crippen LogP contribution >= 0.6 is 15.9 Å². The minimum Gasteiger partial charge on any atom is -0.490 e. The highest BCUT2D eigenvalue weighted by molar-refractivity contribution is 9.10. The molecule has 9 nitrogen and oxygen atoms in total. The van der Waals surface area contributed by atoms with Crippen LogP contribution < -0.4 is 14.8 Å². The predicted octanol–water partition coefficient (Wildman–Crippen LogP) is 4.52. The Kier molecular flexibility index (Phi) is 10.0. The summed E-state index contributed by atoms with van der Waals surface area (Å²) in [5, 5.41) is 14.0. The molecule has 0 aliphatic heterocycles. The van der Waals surface area contributed by atoms with E-state index in [1.54, 1.807) is 0 Å². The Morgan fingerprint density at radius 2 is 1.76 bits per heavy atom. The van der Waals surface area contributed by atoms with E-state index in [9.17, 15) is 19.7 Å². The Labute approximate surface area is 223 Å². The van der Waals surface area contributed by atoms with Crippen LogP contribution in [0, 0.1) is 10.1 Å². The average molecular weight is 570 g/mol. The monoisotopic (exact) mass is 569 g/mol. The number of carbonyl (C=O) groups excluding carboxylic acids is 2. The van der Waals surface area contributed by atoms with Crippen molar-refractivity contribution in [3.63, 3.8) is 0 Å². The molecule has 1 atom stereocenters. The van der Waals surface area contributed by atoms with Gasteiger partial charge in [-0.15, -0.1) is 0 Å². The molecule has 0 fully saturated rings. The maximum atomic E-state index is 13.5. The van der Waals surface area contributed by atoms with Crippen molar-refractivity contribution in [1.82, 2.24) is 10.2 Å². The molecule has 194 valence electrons. The van der Waals surface area contributed by atoms with E-state index in [1.165, 1.54) is 30.2 Å². The van der Waals surface area contributed by atoms with Crippen molar-refractivity contribution in [3.05, 3.63) is 98.5 Å². The van der Waals surface area contributed by atoms with E-state index in [2.05, 4.69) is 21.2 Å². The first-order valence-corrected chi connectivity index (χ1v) is 12.4. The molecule has 3 aromatic rings. The molecule has 0 aromatic heterocycles. The minimum atomic E-state index is -0.784. The van der Waals surface area contributed by atoms with Gasteiger partial charge in [0.1, 0.15) is 11.8 Å². The Morgan fingerprint density at radius 3 is 2.38 bits per heavy atom. The fourth-order valence-corrected chi connectivity index (χ4v) is 4.02. The van der Waals surface area contributed by atoms with Crippen LogP contribution in [0.2, 0.25) is 0 Å². The van der Waals surface area contributed by atoms with E-state index in [0.717, 1.165) is 15.6 Å². The highest BCUT2D eigenvalue weighted by atomic mass is 79.9. The van der Waals surface area contributed by atoms with Gasteiger partial charge in [0.05, 0.1) is 12.0 Å². The van der Waals surface area contributed by atoms with Crippen molar-refractivity contribution < 1.29 is 24.0 Å². The molecule has 0 bridgehead atoms. The Balaban J connectivity index is 1.88. The topological polar surface area (TPSA) is 111 Å². The second-order valence-corrected chi connectivity index (χ2v) is 9.04. The number of methoxy groups -OCH3 is 1. The van der Waals surface area contributed by atoms with Crippen LogP contribution in [0.25, 0.3) is 0 Å². The number of benzene rings is 3. The number of hydrogen-bond donors (Lipinski definition) is 1. The zero-order chi connectivity index (χ0) is 26.8. The Bertz CT molecular complexity index is 1220. The van der Waals surface area contributed by atoms with Gasteiger partial charge in [0.15, 0.2) is 6.61 Å². The van der Waals surface area contributed by atoms with Gasteiger partial charge in [-0.25, -0.2) is 0 Å². The predicted molar refractivity (Wildman–Crippen MR) is 142 cm³/mol. The van der Waals surface area contributed by atoms with Crippen LogP contribution in [-0.2, 0) is 22.6 Å². The van der Waals surface area contributed by atoms with Crippen LogP contribution in [0.5, 0.6) is 11.5 Å². The molecule has 0 spiro atoms. The third-order valence-corrected chi connectivity index (χ3v) is 6.13. The van der Waals surface area contributed by atoms with E-state index in [0.29, 0.717) is 13.0 Å². The standard InChI is InChI=1S/C27H28BrN3O6/c1-3-29-27(33)24(15-19-7-5-4-6-8-19)30(17-20-9-11-21(28)12-10-20)26(32)18-37-22-13-14-23(31(34)35)25(16-22)36-2/h4-14,16,24H,3,15,17-18H2,1-2H3,(H,29,33)/t24-/m1/s1. The highest BCUT2D eigenvalue weighted by Gasteiger charge is 2.30. The zero-order valence-electron chi connectivity index (χ0n) is 20.6. The number of rotatable bonds is 12. The van der Waals surface area contributed by atoms with E-state index >= 15 is 0 Å². The molecule has 2 amide bonds. The number of nitro benzene ring substituents is 1. The molecule has 0 radical (unpaired) electrons. The van der Waals surface area contributed by atoms with Crippen LogP contribution in [0.1, 0.15) is 18.1 Å². The van der Waals surface area contributed by atoms with Gasteiger partial charge in [-0.2, -0.15) is 0 Å². The molecule has 0 unspecified atom stereocenters. The van der Waals surface area contributed by atoms with Crippen molar-refractivity contribution >= 4 is 33.4 Å². The summed E-state index contributed by atoms with van der Waals surface area (Å²) < 4.78 is 11.7. The van der Waals surface area contributed by atoms with Gasteiger partial charge < -0.3 is 19.7 Å². The maximum Gasteiger partial charge on any atom is 0.311 e. The number of carbonyl (C=O) groups is 2. The summed E-state index contributed by atoms with van der Waals surface area (Å²) in [6.45, 7) is 2.06. The quantitative estimate of drug-likeness (QED) is 0.253. The van der Waals surface area contributed by atoms with Crippen molar-refractivity contribution in [3.8, 4) is 11.5 Å². The number of likely N-dealkylation sites (N-methyl/N-ethyl adjacent to an activating group) is 1. The molecule has 0 saturated carbocycles. The van der Waals surface area contributed by atoms with Crippen molar-refractivity contribution in [2.24, 2.45) is 0 Å². The van der Waals surface area contributed by atoms with Gasteiger partial charge in [0.2, 0.25) is 11.7 Å². The van der Waals surface area contributed by atoms with Crippen LogP contribution in [-0.4, -0.2) is 47.9 Å². The minimum absolute atomic E-state index is 0.0194. The zero-order valence-corrected chi connectivity index (χ0v) is 22.1. The van der Waals surface area contributed by atoms with Gasteiger partial charge in [0, 0.05) is 36.1 Å². The Hall–Kier alpha value is -3.92. The van der Waals surface area contributed by atoms with E-state index in [1.807, 2.05) is 61.5 Å². The number of hydrogen-bond acceptors (Lipinski definition) is 6. The van der Waals surface area contributed by atoms with Gasteiger partial charge >= 0.3 is 5.69 Å². The van der Waals surface area contributed by atoms with Gasteiger partial charge in [-0.05, 0) is 36.2 Å². The third-order valence-electron chi connectivity index (χ3n) is 5.60. The largest absolute Gasteiger partial charge is 0.490 e. The lowest BCUT2D eigenvalue weighted by Crippen LogP contribution is -2.51. The summed E-state index contributed by atoms with van der Waals surface area (Å²) in [7, 11) is 1.32. The molecule has 0 aliphatic carbocycles. The first-order valence-electron chi connectivity index (χ1n) is 11.6. The Morgan fingerprint density at radius 1 is 1.05 bits per heavy atom. The summed E-state index contributed by atoms with van der Waals surface area (Å²) in [5.41, 5.74) is 1.54. The van der Waals surface area contributed by atoms with Crippen LogP contribution in [0.15, 0.2) is 77.3 Å². The fraction of sp³-hybridized carbons (Fsp3) is 0.259. The number of halogens is 1. The summed E-state index contributed by atoms with van der Waals surface area (Å²) in [6, 6.07) is 20.2. The van der Waals surface area contributed by atoms with Crippen LogP contribution in [0.4, 0.5) is 5.69 Å². The average Bonchev–Trinajstić information content (AvgIpc) is 2.90. The first kappa shape index (κ1) is 27.7. The molecule has 3 rings (SSSR count). The molecule has 0 aliphatic rings. The summed E-state index contributed by atoms with van der Waals surface area (Å²) in [4.78, 5) is 38.8. The van der Waals surface area contributed by atoms with Gasteiger partial charge in [0.25, 0.3) is 5.91 Å². The van der Waals surface area contributed by atoms with Crippen LogP contribution in [0.3, 0.4) is 0 Å². The van der Waals surface area contributed by atoms with Crippen molar-refractivity contribution in [2.75, 3.05) is 20.3 Å². The molecule has 37 heavy (non-hydrogen) atoms. The fourth-order valence-electron chi connectivity index (χ4n) is 3.76. The smallest absolute Gasteiger partial charge is 0.311 e. The SMILES string of the molecule is CCNC(=O)[C@@H](Cc1ccccc1)N(Cc1ccc(Br)cc1)C(=O)COc1ccc([N+](=O)[O-])c(OC)c1. The van der Waals surface area contributed by atoms with Crippen molar-refractivity contribution in [2.45, 2.75) is 25.9 Å². The lowest BCUT2D eigenvalue weighted by atomic mass is 10.0. The molecule has 0 heterocycles. The second kappa shape index (κ2) is 13.4. The normalized spacial score (nSPS) is 11.3. The highest BCUT2D eigenvalue weighted by Crippen LogP contribution is 2.30. The second-order valence-electron chi connectivity index (χ2n) is 8.13. The molecule has 1 N–H and O–H groups in total. The lowest BCUT2D eigenvalue weighted by molar-refractivity contribution is -0.385. The molecular weight excluding hydrogens is 542 g/mol. The number of nitrogens with one attached hydrogen (secondary N) is 1. The van der Waals surface area contributed by atoms with E-state index in [4.69, 9.17) is 9.47 Å².